The van der Waals surface area contributed by atoms with E-state index in [0.717, 1.165) is 22.4 Å². The molecule has 0 saturated carbocycles. The number of hydrogen-bond acceptors (Lipinski definition) is 3. The molecule has 0 radical (unpaired) electrons. The summed E-state index contributed by atoms with van der Waals surface area (Å²) in [6.07, 6.45) is 0.545. The quantitative estimate of drug-likeness (QED) is 0.901. The lowest BCUT2D eigenvalue weighted by Crippen LogP contribution is -2.50. The topological polar surface area (TPSA) is 75.4 Å². The summed E-state index contributed by atoms with van der Waals surface area (Å²) >= 11 is 0. The number of amides is 2. The Balaban J connectivity index is 1.74. The number of para-hydroxylation sites is 1. The summed E-state index contributed by atoms with van der Waals surface area (Å²) in [4.78, 5) is 26.1. The van der Waals surface area contributed by atoms with Gasteiger partial charge < -0.3 is 11.1 Å². The van der Waals surface area contributed by atoms with Crippen molar-refractivity contribution in [1.29, 1.82) is 0 Å². The second-order valence-electron chi connectivity index (χ2n) is 6.16. The first-order valence-electron chi connectivity index (χ1n) is 8.00. The molecule has 2 amide bonds. The molecule has 124 valence electrons. The minimum Gasteiger partial charge on any atom is -0.368 e. The molecule has 1 atom stereocenters. The van der Waals surface area contributed by atoms with Crippen molar-refractivity contribution in [3.8, 4) is 0 Å². The number of nitrogens with two attached hydrogens (primary N) is 1. The van der Waals surface area contributed by atoms with E-state index in [9.17, 15) is 9.59 Å². The number of benzene rings is 2. The second kappa shape index (κ2) is 6.84. The van der Waals surface area contributed by atoms with Gasteiger partial charge in [-0.1, -0.05) is 42.5 Å². The largest absolute Gasteiger partial charge is 0.368 e. The monoisotopic (exact) mass is 323 g/mol. The van der Waals surface area contributed by atoms with Gasteiger partial charge in [-0.3, -0.25) is 14.5 Å². The van der Waals surface area contributed by atoms with Crippen molar-refractivity contribution in [1.82, 2.24) is 4.90 Å². The summed E-state index contributed by atoms with van der Waals surface area (Å²) in [6, 6.07) is 15.1. The molecule has 1 aliphatic heterocycles. The number of hydrogen-bond donors (Lipinski definition) is 2. The number of carbonyl (C=O) groups excluding carboxylic acids is 2. The molecule has 1 unspecified atom stereocenters. The average molecular weight is 323 g/mol. The van der Waals surface area contributed by atoms with Gasteiger partial charge in [0, 0.05) is 12.2 Å². The maximum Gasteiger partial charge on any atom is 0.238 e. The molecule has 0 spiro atoms. The highest BCUT2D eigenvalue weighted by Gasteiger charge is 2.31. The first-order chi connectivity index (χ1) is 11.5. The van der Waals surface area contributed by atoms with E-state index in [2.05, 4.69) is 5.32 Å². The van der Waals surface area contributed by atoms with E-state index in [-0.39, 0.29) is 12.5 Å². The van der Waals surface area contributed by atoms with E-state index in [4.69, 9.17) is 5.73 Å². The molecule has 2 aromatic carbocycles. The number of nitrogens with one attached hydrogen (secondary N) is 1. The Labute approximate surface area is 141 Å². The Kier molecular flexibility index (Phi) is 4.62. The number of primary amides is 1. The Morgan fingerprint density at radius 1 is 1.12 bits per heavy atom. The minimum absolute atomic E-state index is 0.135. The van der Waals surface area contributed by atoms with Gasteiger partial charge in [0.1, 0.15) is 0 Å². The fourth-order valence-corrected chi connectivity index (χ4v) is 3.11. The molecule has 5 nitrogen and oxygen atoms in total. The van der Waals surface area contributed by atoms with E-state index >= 15 is 0 Å². The highest BCUT2D eigenvalue weighted by Crippen LogP contribution is 2.23. The molecule has 0 saturated heterocycles. The minimum atomic E-state index is -0.456. The lowest BCUT2D eigenvalue weighted by molar-refractivity contribution is -0.125. The van der Waals surface area contributed by atoms with E-state index in [1.807, 2.05) is 60.4 Å². The molecular weight excluding hydrogens is 302 g/mol. The van der Waals surface area contributed by atoms with Gasteiger partial charge in [0.05, 0.1) is 12.6 Å². The summed E-state index contributed by atoms with van der Waals surface area (Å²) in [6.45, 7) is 2.63. The Bertz CT molecular complexity index is 773. The van der Waals surface area contributed by atoms with Crippen LogP contribution in [0.1, 0.15) is 16.7 Å². The third-order valence-electron chi connectivity index (χ3n) is 4.44. The first-order valence-corrected chi connectivity index (χ1v) is 8.00. The van der Waals surface area contributed by atoms with Crippen LogP contribution in [0, 0.1) is 6.92 Å². The molecule has 0 bridgehead atoms. The van der Waals surface area contributed by atoms with Crippen molar-refractivity contribution in [2.24, 2.45) is 5.73 Å². The molecule has 2 aromatic rings. The van der Waals surface area contributed by atoms with Crippen molar-refractivity contribution >= 4 is 17.5 Å². The fourth-order valence-electron chi connectivity index (χ4n) is 3.11. The van der Waals surface area contributed by atoms with Gasteiger partial charge in [-0.2, -0.15) is 0 Å². The molecular formula is C19H21N3O2. The van der Waals surface area contributed by atoms with Crippen LogP contribution in [0.4, 0.5) is 5.69 Å². The van der Waals surface area contributed by atoms with Crippen LogP contribution in [0.15, 0.2) is 48.5 Å². The summed E-state index contributed by atoms with van der Waals surface area (Å²) < 4.78 is 0. The van der Waals surface area contributed by atoms with Crippen LogP contribution in [0.5, 0.6) is 0 Å². The Morgan fingerprint density at radius 2 is 1.79 bits per heavy atom. The summed E-state index contributed by atoms with van der Waals surface area (Å²) in [5.41, 5.74) is 9.60. The molecule has 0 aromatic heterocycles. The van der Waals surface area contributed by atoms with Crippen LogP contribution in [0.25, 0.3) is 0 Å². The third kappa shape index (κ3) is 3.46. The molecule has 0 aliphatic carbocycles. The number of rotatable bonds is 4. The number of fused-ring (bicyclic) bond motifs is 1. The first kappa shape index (κ1) is 16.2. The van der Waals surface area contributed by atoms with E-state index in [1.165, 1.54) is 0 Å². The van der Waals surface area contributed by atoms with Crippen LogP contribution in [0.2, 0.25) is 0 Å². The van der Waals surface area contributed by atoms with Gasteiger partial charge >= 0.3 is 0 Å². The maximum atomic E-state index is 12.4. The zero-order valence-corrected chi connectivity index (χ0v) is 13.7. The van der Waals surface area contributed by atoms with Gasteiger partial charge in [0.25, 0.3) is 0 Å². The zero-order valence-electron chi connectivity index (χ0n) is 13.7. The molecule has 0 fully saturated rings. The number of anilines is 1. The number of carbonyl (C=O) groups is 2. The Morgan fingerprint density at radius 3 is 2.50 bits per heavy atom. The van der Waals surface area contributed by atoms with Crippen LogP contribution in [-0.2, 0) is 22.6 Å². The number of nitrogens with zero attached hydrogens (tertiary/aromatic N) is 1. The molecule has 24 heavy (non-hydrogen) atoms. The van der Waals surface area contributed by atoms with Crippen molar-refractivity contribution in [2.45, 2.75) is 25.9 Å². The van der Waals surface area contributed by atoms with E-state index in [1.54, 1.807) is 0 Å². The molecule has 5 heteroatoms. The summed E-state index contributed by atoms with van der Waals surface area (Å²) in [5.74, 6) is -0.539. The van der Waals surface area contributed by atoms with Gasteiger partial charge in [-0.25, -0.2) is 0 Å². The van der Waals surface area contributed by atoms with Gasteiger partial charge in [0.2, 0.25) is 11.8 Å². The van der Waals surface area contributed by atoms with Crippen LogP contribution in [-0.4, -0.2) is 29.3 Å². The average Bonchev–Trinajstić information content (AvgIpc) is 2.56. The van der Waals surface area contributed by atoms with Crippen molar-refractivity contribution in [2.75, 3.05) is 11.9 Å². The summed E-state index contributed by atoms with van der Waals surface area (Å²) in [5, 5.41) is 2.91. The van der Waals surface area contributed by atoms with Crippen LogP contribution >= 0.6 is 0 Å². The molecule has 1 aliphatic rings. The lowest BCUT2D eigenvalue weighted by Gasteiger charge is -2.34. The van der Waals surface area contributed by atoms with Gasteiger partial charge in [0.15, 0.2) is 0 Å². The molecule has 3 N–H and O–H groups in total. The molecule has 3 rings (SSSR count). The van der Waals surface area contributed by atoms with Gasteiger partial charge in [-0.15, -0.1) is 0 Å². The van der Waals surface area contributed by atoms with Gasteiger partial charge in [-0.05, 0) is 36.1 Å². The fraction of sp³-hybridized carbons (Fsp3) is 0.263. The molecule has 1 heterocycles. The van der Waals surface area contributed by atoms with Crippen LogP contribution < -0.4 is 11.1 Å². The predicted molar refractivity (Wildman–Crippen MR) is 93.3 cm³/mol. The van der Waals surface area contributed by atoms with Crippen molar-refractivity contribution in [3.05, 3.63) is 65.2 Å². The van der Waals surface area contributed by atoms with Crippen molar-refractivity contribution < 1.29 is 9.59 Å². The number of aryl methyl sites for hydroxylation is 1. The maximum absolute atomic E-state index is 12.4. The highest BCUT2D eigenvalue weighted by molar-refractivity contribution is 5.93. The smallest absolute Gasteiger partial charge is 0.238 e. The predicted octanol–water partition coefficient (Wildman–Crippen LogP) is 1.85. The van der Waals surface area contributed by atoms with Crippen LogP contribution in [0.3, 0.4) is 0 Å². The Hall–Kier alpha value is -2.66. The standard InChI is InChI=1S/C19H21N3O2/c1-13-6-2-5-9-16(13)21-18(23)12-22-11-15-8-4-3-7-14(15)10-17(22)19(20)24/h2-9,17H,10-12H2,1H3,(H2,20,24)(H,21,23). The summed E-state index contributed by atoms with van der Waals surface area (Å²) in [7, 11) is 0. The zero-order chi connectivity index (χ0) is 17.1. The highest BCUT2D eigenvalue weighted by atomic mass is 16.2. The SMILES string of the molecule is Cc1ccccc1NC(=O)CN1Cc2ccccc2CC1C(N)=O. The van der Waals surface area contributed by atoms with Crippen molar-refractivity contribution in [3.63, 3.8) is 0 Å². The normalized spacial score (nSPS) is 17.1. The lowest BCUT2D eigenvalue weighted by atomic mass is 9.93. The third-order valence-corrected chi connectivity index (χ3v) is 4.44. The van der Waals surface area contributed by atoms with E-state index < -0.39 is 11.9 Å². The van der Waals surface area contributed by atoms with E-state index in [0.29, 0.717) is 13.0 Å². The second-order valence-corrected chi connectivity index (χ2v) is 6.16.